The summed E-state index contributed by atoms with van der Waals surface area (Å²) in [6, 6.07) is 11.5. The molecule has 0 radical (unpaired) electrons. The molecule has 2 heterocycles. The molecule has 130 valence electrons. The average Bonchev–Trinajstić information content (AvgIpc) is 3.15. The zero-order valence-electron chi connectivity index (χ0n) is 14.6. The normalized spacial score (nSPS) is 33.8. The van der Waals surface area contributed by atoms with Crippen molar-refractivity contribution >= 4 is 21.6 Å². The zero-order valence-corrected chi connectivity index (χ0v) is 16.2. The van der Waals surface area contributed by atoms with Gasteiger partial charge in [0.25, 0.3) is 0 Å². The van der Waals surface area contributed by atoms with Crippen LogP contribution in [0.15, 0.2) is 41.0 Å². The number of halogens is 1. The van der Waals surface area contributed by atoms with Crippen LogP contribution in [0.5, 0.6) is 0 Å². The molecule has 3 fully saturated rings. The molecule has 4 heteroatoms. The Labute approximate surface area is 157 Å². The monoisotopic (exact) mass is 397 g/mol. The first-order valence-corrected chi connectivity index (χ1v) is 10.1. The topological polar surface area (TPSA) is 42.1 Å². The Balaban J connectivity index is 1.66. The van der Waals surface area contributed by atoms with Crippen LogP contribution in [0.3, 0.4) is 0 Å². The summed E-state index contributed by atoms with van der Waals surface area (Å²) in [5, 5.41) is 0. The lowest BCUT2D eigenvalue weighted by molar-refractivity contribution is -0.0341. The molecule has 25 heavy (non-hydrogen) atoms. The summed E-state index contributed by atoms with van der Waals surface area (Å²) in [7, 11) is 0. The summed E-state index contributed by atoms with van der Waals surface area (Å²) in [5.41, 5.74) is 11.3. The Morgan fingerprint density at radius 3 is 2.76 bits per heavy atom. The van der Waals surface area contributed by atoms with Gasteiger partial charge in [-0.2, -0.15) is 0 Å². The first kappa shape index (κ1) is 15.8. The Kier molecular flexibility index (Phi) is 3.52. The molecule has 0 unspecified atom stereocenters. The van der Waals surface area contributed by atoms with Crippen LogP contribution in [0.25, 0.3) is 0 Å². The molecule has 2 atom stereocenters. The number of aromatic nitrogens is 1. The Morgan fingerprint density at radius 2 is 2.08 bits per heavy atom. The highest BCUT2D eigenvalue weighted by Gasteiger charge is 2.57. The number of nitrogens with two attached hydrogens (primary N) is 1. The lowest BCUT2D eigenvalue weighted by Gasteiger charge is -2.56. The molecule has 2 N–H and O–H groups in total. The predicted molar refractivity (Wildman–Crippen MR) is 104 cm³/mol. The minimum Gasteiger partial charge on any atom is -0.399 e. The molecule has 6 rings (SSSR count). The summed E-state index contributed by atoms with van der Waals surface area (Å²) < 4.78 is 1.03. The van der Waals surface area contributed by atoms with Crippen molar-refractivity contribution in [1.29, 1.82) is 0 Å². The van der Waals surface area contributed by atoms with Gasteiger partial charge < -0.3 is 5.73 Å². The second-order valence-electron chi connectivity index (χ2n) is 8.26. The Hall–Kier alpha value is -1.39. The van der Waals surface area contributed by atoms with Gasteiger partial charge in [0.05, 0.1) is 11.7 Å². The van der Waals surface area contributed by atoms with E-state index < -0.39 is 0 Å². The minimum atomic E-state index is 0.242. The summed E-state index contributed by atoms with van der Waals surface area (Å²) in [6.07, 6.45) is 8.50. The smallest absolute Gasteiger partial charge is 0.0786 e. The van der Waals surface area contributed by atoms with Crippen molar-refractivity contribution in [3.05, 3.63) is 57.8 Å². The maximum absolute atomic E-state index is 6.09. The third-order valence-corrected chi connectivity index (χ3v) is 7.13. The van der Waals surface area contributed by atoms with Gasteiger partial charge in [-0.05, 0) is 96.3 Å². The number of benzene rings is 1. The van der Waals surface area contributed by atoms with E-state index in [1.54, 1.807) is 0 Å². The van der Waals surface area contributed by atoms with Crippen LogP contribution in [0, 0.1) is 5.92 Å². The fourth-order valence-corrected chi connectivity index (χ4v) is 5.95. The van der Waals surface area contributed by atoms with Crippen molar-refractivity contribution in [2.75, 3.05) is 5.73 Å². The Morgan fingerprint density at radius 1 is 1.24 bits per heavy atom. The number of hydrogen-bond acceptors (Lipinski definition) is 3. The molecule has 1 aromatic heterocycles. The minimum absolute atomic E-state index is 0.242. The number of nitrogens with zero attached hydrogens (tertiary/aromatic N) is 2. The fraction of sp³-hybridized carbons (Fsp3) is 0.476. The molecular formula is C21H24BrN3. The summed E-state index contributed by atoms with van der Waals surface area (Å²) in [4.78, 5) is 7.62. The van der Waals surface area contributed by atoms with E-state index in [9.17, 15) is 0 Å². The van der Waals surface area contributed by atoms with Crippen molar-refractivity contribution in [1.82, 2.24) is 9.88 Å². The molecule has 2 aromatic rings. The van der Waals surface area contributed by atoms with Crippen molar-refractivity contribution in [2.45, 2.75) is 56.7 Å². The lowest BCUT2D eigenvalue weighted by atomic mass is 9.71. The number of nitrogen functional groups attached to an aromatic ring is 1. The molecule has 1 aromatic carbocycles. The van der Waals surface area contributed by atoms with Crippen LogP contribution >= 0.6 is 15.9 Å². The van der Waals surface area contributed by atoms with Gasteiger partial charge >= 0.3 is 0 Å². The van der Waals surface area contributed by atoms with E-state index in [4.69, 9.17) is 10.7 Å². The van der Waals surface area contributed by atoms with Gasteiger partial charge in [0.1, 0.15) is 0 Å². The van der Waals surface area contributed by atoms with Crippen molar-refractivity contribution in [2.24, 2.45) is 5.92 Å². The molecule has 0 spiro atoms. The van der Waals surface area contributed by atoms with E-state index in [0.717, 1.165) is 28.2 Å². The van der Waals surface area contributed by atoms with E-state index in [0.29, 0.717) is 11.6 Å². The SMILES string of the molecule is C[C@@H]1Cc2cc(N)ccc2[C@@H](c2ccc(Br)cn2)N1C12CCC(C1)C2. The van der Waals surface area contributed by atoms with Crippen LogP contribution < -0.4 is 5.73 Å². The maximum atomic E-state index is 6.09. The number of anilines is 1. The predicted octanol–water partition coefficient (Wildman–Crippen LogP) is 4.70. The van der Waals surface area contributed by atoms with Crippen molar-refractivity contribution in [3.63, 3.8) is 0 Å². The second-order valence-corrected chi connectivity index (χ2v) is 9.18. The second kappa shape index (κ2) is 5.55. The van der Waals surface area contributed by atoms with Crippen molar-refractivity contribution in [3.8, 4) is 0 Å². The van der Waals surface area contributed by atoms with Crippen molar-refractivity contribution < 1.29 is 0 Å². The number of hydrogen-bond donors (Lipinski definition) is 1. The van der Waals surface area contributed by atoms with Crippen LogP contribution in [0.1, 0.15) is 55.5 Å². The Bertz CT molecular complexity index is 805. The highest BCUT2D eigenvalue weighted by atomic mass is 79.9. The molecule has 1 aliphatic heterocycles. The average molecular weight is 398 g/mol. The number of rotatable bonds is 2. The molecule has 3 saturated carbocycles. The molecular weight excluding hydrogens is 374 g/mol. The van der Waals surface area contributed by atoms with E-state index in [1.165, 1.54) is 36.8 Å². The zero-order chi connectivity index (χ0) is 17.2. The van der Waals surface area contributed by atoms with Gasteiger partial charge in [-0.15, -0.1) is 0 Å². The number of pyridine rings is 1. The maximum Gasteiger partial charge on any atom is 0.0786 e. The molecule has 4 aliphatic rings. The standard InChI is InChI=1S/C21H24BrN3/c1-13-8-15-9-17(23)3-4-18(15)20(19-5-2-16(22)12-24-19)25(13)21-7-6-14(10-21)11-21/h2-5,9,12-14,20H,6-8,10-11,23H2,1H3/t13-,14?,20+,21?/m1/s1. The molecule has 0 saturated heterocycles. The van der Waals surface area contributed by atoms with E-state index >= 15 is 0 Å². The van der Waals surface area contributed by atoms with E-state index in [2.05, 4.69) is 58.1 Å². The van der Waals surface area contributed by atoms with Gasteiger partial charge in [0.15, 0.2) is 0 Å². The first-order chi connectivity index (χ1) is 12.1. The van der Waals surface area contributed by atoms with E-state index in [1.807, 2.05) is 6.20 Å². The van der Waals surface area contributed by atoms with Gasteiger partial charge in [-0.1, -0.05) is 6.07 Å². The van der Waals surface area contributed by atoms with Gasteiger partial charge in [-0.25, -0.2) is 0 Å². The first-order valence-electron chi connectivity index (χ1n) is 9.34. The third-order valence-electron chi connectivity index (χ3n) is 6.66. The third kappa shape index (κ3) is 2.37. The van der Waals surface area contributed by atoms with E-state index in [-0.39, 0.29) is 6.04 Å². The van der Waals surface area contributed by atoms with Crippen LogP contribution in [0.4, 0.5) is 5.69 Å². The summed E-state index contributed by atoms with van der Waals surface area (Å²) in [6.45, 7) is 2.39. The van der Waals surface area contributed by atoms with Crippen LogP contribution in [-0.4, -0.2) is 21.5 Å². The summed E-state index contributed by atoms with van der Waals surface area (Å²) in [5.74, 6) is 0.957. The van der Waals surface area contributed by atoms with Gasteiger partial charge in [0, 0.05) is 27.9 Å². The highest BCUT2D eigenvalue weighted by molar-refractivity contribution is 9.10. The largest absolute Gasteiger partial charge is 0.399 e. The molecule has 2 bridgehead atoms. The highest BCUT2D eigenvalue weighted by Crippen LogP contribution is 2.59. The molecule has 0 amide bonds. The van der Waals surface area contributed by atoms with Gasteiger partial charge in [0.2, 0.25) is 0 Å². The fourth-order valence-electron chi connectivity index (χ4n) is 5.72. The number of fused-ring (bicyclic) bond motifs is 2. The molecule has 3 aliphatic carbocycles. The van der Waals surface area contributed by atoms with Gasteiger partial charge in [-0.3, -0.25) is 9.88 Å². The summed E-state index contributed by atoms with van der Waals surface area (Å²) >= 11 is 3.53. The quantitative estimate of drug-likeness (QED) is 0.746. The van der Waals surface area contributed by atoms with Crippen LogP contribution in [0.2, 0.25) is 0 Å². The van der Waals surface area contributed by atoms with Crippen LogP contribution in [-0.2, 0) is 6.42 Å². The lowest BCUT2D eigenvalue weighted by Crippen LogP contribution is -2.59. The molecule has 3 nitrogen and oxygen atoms in total.